The zero-order valence-corrected chi connectivity index (χ0v) is 11.7. The smallest absolute Gasteiger partial charge is 0.236 e. The van der Waals surface area contributed by atoms with Gasteiger partial charge in [0.15, 0.2) is 0 Å². The Morgan fingerprint density at radius 3 is 2.53 bits per heavy atom. The number of hydrogen-bond acceptors (Lipinski definition) is 3. The van der Waals surface area contributed by atoms with E-state index in [2.05, 4.69) is 31.1 Å². The molecule has 1 fully saturated rings. The molecule has 0 saturated heterocycles. The fraction of sp³-hybridized carbons (Fsp3) is 0.923. The molecule has 0 atom stereocenters. The molecule has 17 heavy (non-hydrogen) atoms. The molecule has 1 aliphatic rings. The second-order valence-electron chi connectivity index (χ2n) is 5.34. The Balaban J connectivity index is 1.98. The van der Waals surface area contributed by atoms with Crippen molar-refractivity contribution in [3.05, 3.63) is 0 Å². The van der Waals surface area contributed by atoms with Crippen LogP contribution >= 0.6 is 0 Å². The minimum Gasteiger partial charge on any atom is -0.342 e. The fourth-order valence-corrected chi connectivity index (χ4v) is 1.70. The average molecular weight is 241 g/mol. The first-order valence-corrected chi connectivity index (χ1v) is 6.69. The van der Waals surface area contributed by atoms with E-state index in [-0.39, 0.29) is 5.91 Å². The first kappa shape index (κ1) is 14.5. The van der Waals surface area contributed by atoms with Crippen molar-refractivity contribution >= 4 is 5.91 Å². The Bertz CT molecular complexity index is 239. The van der Waals surface area contributed by atoms with Gasteiger partial charge in [0.1, 0.15) is 0 Å². The molecule has 1 N–H and O–H groups in total. The summed E-state index contributed by atoms with van der Waals surface area (Å²) in [5.74, 6) is 0.227. The molecule has 0 unspecified atom stereocenters. The lowest BCUT2D eigenvalue weighted by molar-refractivity contribution is -0.129. The Kier molecular flexibility index (Phi) is 5.92. The lowest BCUT2D eigenvalue weighted by atomic mass is 10.3. The predicted octanol–water partition coefficient (Wildman–Crippen LogP) is 0.927. The van der Waals surface area contributed by atoms with Crippen molar-refractivity contribution in [2.24, 2.45) is 0 Å². The van der Waals surface area contributed by atoms with Crippen LogP contribution in [0.15, 0.2) is 0 Å². The SMILES string of the molecule is CC(C)N(C)CCCNCC(=O)N(C)C1CC1. The highest BCUT2D eigenvalue weighted by Crippen LogP contribution is 2.24. The summed E-state index contributed by atoms with van der Waals surface area (Å²) in [5, 5.41) is 3.23. The number of carbonyl (C=O) groups is 1. The third-order valence-corrected chi connectivity index (χ3v) is 3.51. The van der Waals surface area contributed by atoms with Crippen molar-refractivity contribution in [3.63, 3.8) is 0 Å². The Morgan fingerprint density at radius 2 is 2.00 bits per heavy atom. The molecule has 1 rings (SSSR count). The topological polar surface area (TPSA) is 35.6 Å². The van der Waals surface area contributed by atoms with Gasteiger partial charge in [-0.2, -0.15) is 0 Å². The molecule has 4 nitrogen and oxygen atoms in total. The van der Waals surface area contributed by atoms with E-state index >= 15 is 0 Å². The van der Waals surface area contributed by atoms with E-state index in [4.69, 9.17) is 0 Å². The number of carbonyl (C=O) groups excluding carboxylic acids is 1. The standard InChI is InChI=1S/C13H27N3O/c1-11(2)15(3)9-5-8-14-10-13(17)16(4)12-6-7-12/h11-12,14H,5-10H2,1-4H3. The maximum absolute atomic E-state index is 11.7. The van der Waals surface area contributed by atoms with Crippen LogP contribution < -0.4 is 5.32 Å². The number of likely N-dealkylation sites (N-methyl/N-ethyl adjacent to an activating group) is 1. The van der Waals surface area contributed by atoms with Crippen molar-refractivity contribution in [1.82, 2.24) is 15.1 Å². The normalized spacial score (nSPS) is 15.6. The van der Waals surface area contributed by atoms with Gasteiger partial charge in [-0.25, -0.2) is 0 Å². The molecule has 0 bridgehead atoms. The van der Waals surface area contributed by atoms with Crippen LogP contribution in [-0.2, 0) is 4.79 Å². The van der Waals surface area contributed by atoms with Crippen molar-refractivity contribution in [2.75, 3.05) is 33.7 Å². The molecule has 0 aliphatic heterocycles. The predicted molar refractivity (Wildman–Crippen MR) is 71.0 cm³/mol. The van der Waals surface area contributed by atoms with Gasteiger partial charge in [-0.15, -0.1) is 0 Å². The van der Waals surface area contributed by atoms with Crippen LogP contribution in [0.4, 0.5) is 0 Å². The number of nitrogens with one attached hydrogen (secondary N) is 1. The van der Waals surface area contributed by atoms with Crippen LogP contribution in [0.5, 0.6) is 0 Å². The molecule has 1 saturated carbocycles. The van der Waals surface area contributed by atoms with E-state index in [1.54, 1.807) is 0 Å². The van der Waals surface area contributed by atoms with Crippen molar-refractivity contribution in [3.8, 4) is 0 Å². The number of nitrogens with zero attached hydrogens (tertiary/aromatic N) is 2. The van der Waals surface area contributed by atoms with Gasteiger partial charge >= 0.3 is 0 Å². The highest BCUT2D eigenvalue weighted by Gasteiger charge is 2.28. The van der Waals surface area contributed by atoms with Gasteiger partial charge in [-0.3, -0.25) is 4.79 Å². The number of hydrogen-bond donors (Lipinski definition) is 1. The number of amides is 1. The molecule has 0 heterocycles. The summed E-state index contributed by atoms with van der Waals surface area (Å²) in [6, 6.07) is 1.12. The van der Waals surface area contributed by atoms with Gasteiger partial charge < -0.3 is 15.1 Å². The molecule has 1 aliphatic carbocycles. The van der Waals surface area contributed by atoms with Gasteiger partial charge in [0.05, 0.1) is 6.54 Å². The van der Waals surface area contributed by atoms with Crippen molar-refractivity contribution in [2.45, 2.75) is 45.2 Å². The second-order valence-corrected chi connectivity index (χ2v) is 5.34. The third kappa shape index (κ3) is 5.50. The Labute approximate surface area is 105 Å². The first-order valence-electron chi connectivity index (χ1n) is 6.69. The molecular weight excluding hydrogens is 214 g/mol. The molecule has 0 aromatic rings. The molecule has 100 valence electrons. The molecule has 0 radical (unpaired) electrons. The summed E-state index contributed by atoms with van der Waals surface area (Å²) in [6.07, 6.45) is 3.46. The van der Waals surface area contributed by atoms with Crippen LogP contribution in [0.2, 0.25) is 0 Å². The van der Waals surface area contributed by atoms with E-state index < -0.39 is 0 Å². The second kappa shape index (κ2) is 6.97. The minimum absolute atomic E-state index is 0.227. The van der Waals surface area contributed by atoms with Gasteiger partial charge in [0.25, 0.3) is 0 Å². The summed E-state index contributed by atoms with van der Waals surface area (Å²) >= 11 is 0. The van der Waals surface area contributed by atoms with Crippen molar-refractivity contribution < 1.29 is 4.79 Å². The Hall–Kier alpha value is -0.610. The summed E-state index contributed by atoms with van der Waals surface area (Å²) in [4.78, 5) is 15.9. The van der Waals surface area contributed by atoms with E-state index in [0.717, 1.165) is 19.5 Å². The first-order chi connectivity index (χ1) is 8.02. The summed E-state index contributed by atoms with van der Waals surface area (Å²) < 4.78 is 0. The lowest BCUT2D eigenvalue weighted by Gasteiger charge is -2.21. The zero-order chi connectivity index (χ0) is 12.8. The average Bonchev–Trinajstić information content (AvgIpc) is 3.10. The summed E-state index contributed by atoms with van der Waals surface area (Å²) in [7, 11) is 4.05. The van der Waals surface area contributed by atoms with Gasteiger partial charge in [0, 0.05) is 19.1 Å². The maximum Gasteiger partial charge on any atom is 0.236 e. The lowest BCUT2D eigenvalue weighted by Crippen LogP contribution is -2.37. The van der Waals surface area contributed by atoms with Crippen LogP contribution in [0, 0.1) is 0 Å². The van der Waals surface area contributed by atoms with Crippen LogP contribution in [0.25, 0.3) is 0 Å². The monoisotopic (exact) mass is 241 g/mol. The van der Waals surface area contributed by atoms with Crippen LogP contribution in [0.1, 0.15) is 33.1 Å². The van der Waals surface area contributed by atoms with E-state index in [9.17, 15) is 4.79 Å². The molecule has 4 heteroatoms. The summed E-state index contributed by atoms with van der Waals surface area (Å²) in [5.41, 5.74) is 0. The van der Waals surface area contributed by atoms with Crippen LogP contribution in [0.3, 0.4) is 0 Å². The zero-order valence-electron chi connectivity index (χ0n) is 11.7. The van der Waals surface area contributed by atoms with E-state index in [1.807, 2.05) is 11.9 Å². The fourth-order valence-electron chi connectivity index (χ4n) is 1.70. The largest absolute Gasteiger partial charge is 0.342 e. The quantitative estimate of drug-likeness (QED) is 0.642. The number of rotatable bonds is 8. The van der Waals surface area contributed by atoms with E-state index in [1.165, 1.54) is 12.8 Å². The minimum atomic E-state index is 0.227. The highest BCUT2D eigenvalue weighted by atomic mass is 16.2. The maximum atomic E-state index is 11.7. The Morgan fingerprint density at radius 1 is 1.35 bits per heavy atom. The molecule has 0 aromatic carbocycles. The van der Waals surface area contributed by atoms with Crippen LogP contribution in [-0.4, -0.2) is 61.5 Å². The summed E-state index contributed by atoms with van der Waals surface area (Å²) in [6.45, 7) is 6.88. The molecule has 0 spiro atoms. The van der Waals surface area contributed by atoms with E-state index in [0.29, 0.717) is 18.6 Å². The highest BCUT2D eigenvalue weighted by molar-refractivity contribution is 5.78. The van der Waals surface area contributed by atoms with Crippen molar-refractivity contribution in [1.29, 1.82) is 0 Å². The molecule has 0 aromatic heterocycles. The third-order valence-electron chi connectivity index (χ3n) is 3.51. The molecular formula is C13H27N3O. The molecule has 1 amide bonds. The van der Waals surface area contributed by atoms with Gasteiger partial charge in [-0.05, 0) is 53.2 Å². The van der Waals surface area contributed by atoms with Gasteiger partial charge in [0.2, 0.25) is 5.91 Å². The van der Waals surface area contributed by atoms with Gasteiger partial charge in [-0.1, -0.05) is 0 Å².